The van der Waals surface area contributed by atoms with Crippen LogP contribution in [0.25, 0.3) is 0 Å². The molecular formula is C22H31N3O. The molecular weight excluding hydrogens is 322 g/mol. The van der Waals surface area contributed by atoms with Gasteiger partial charge in [0.1, 0.15) is 17.4 Å². The first-order valence-electron chi connectivity index (χ1n) is 10.1. The lowest BCUT2D eigenvalue weighted by atomic mass is 10.0. The number of rotatable bonds is 10. The monoisotopic (exact) mass is 353 g/mol. The molecule has 0 aliphatic heterocycles. The number of carbonyl (C=O) groups excluding carboxylic acids is 1. The first kappa shape index (κ1) is 18.8. The number of benzene rings is 1. The van der Waals surface area contributed by atoms with Gasteiger partial charge in [0, 0.05) is 31.7 Å². The van der Waals surface area contributed by atoms with Crippen LogP contribution in [0, 0.1) is 5.92 Å². The van der Waals surface area contributed by atoms with Gasteiger partial charge < -0.3 is 4.57 Å². The van der Waals surface area contributed by atoms with Crippen molar-refractivity contribution in [2.75, 3.05) is 0 Å². The number of hydrogen-bond donors (Lipinski definition) is 0. The van der Waals surface area contributed by atoms with Crippen molar-refractivity contribution < 1.29 is 4.79 Å². The number of ketones is 1. The summed E-state index contributed by atoms with van der Waals surface area (Å²) in [6.45, 7) is 6.62. The van der Waals surface area contributed by atoms with Crippen LogP contribution < -0.4 is 0 Å². The van der Waals surface area contributed by atoms with Gasteiger partial charge in [-0.1, -0.05) is 45.0 Å². The Labute approximate surface area is 157 Å². The molecule has 1 saturated carbocycles. The molecule has 1 aromatic heterocycles. The second kappa shape index (κ2) is 8.61. The molecule has 0 amide bonds. The van der Waals surface area contributed by atoms with Crippen LogP contribution in [0.15, 0.2) is 24.3 Å². The first-order chi connectivity index (χ1) is 12.6. The summed E-state index contributed by atoms with van der Waals surface area (Å²) in [6, 6.07) is 8.93. The van der Waals surface area contributed by atoms with Gasteiger partial charge >= 0.3 is 0 Å². The van der Waals surface area contributed by atoms with E-state index in [1.165, 1.54) is 18.4 Å². The van der Waals surface area contributed by atoms with E-state index in [2.05, 4.69) is 47.7 Å². The molecule has 0 atom stereocenters. The molecule has 2 aromatic rings. The second-order valence-corrected chi connectivity index (χ2v) is 7.96. The number of nitrogens with zero attached hydrogens (tertiary/aromatic N) is 3. The molecule has 0 N–H and O–H groups in total. The standard InChI is InChI=1S/C22H31N3O/c1-4-17-6-5-7-18(14-17)15-20(26)11-13-22-24-23-21(12-8-16(2)3)25(22)19-9-10-19/h5-7,14,16,19H,4,8-13,15H2,1-3H3. The van der Waals surface area contributed by atoms with Crippen LogP contribution in [0.3, 0.4) is 0 Å². The Balaban J connectivity index is 1.59. The van der Waals surface area contributed by atoms with Gasteiger partial charge in [-0.05, 0) is 42.7 Å². The van der Waals surface area contributed by atoms with Gasteiger partial charge in [0.05, 0.1) is 0 Å². The summed E-state index contributed by atoms with van der Waals surface area (Å²) >= 11 is 0. The van der Waals surface area contributed by atoms with E-state index in [1.807, 2.05) is 12.1 Å². The fourth-order valence-corrected chi connectivity index (χ4v) is 3.40. The number of aryl methyl sites for hydroxylation is 3. The molecule has 4 nitrogen and oxygen atoms in total. The summed E-state index contributed by atoms with van der Waals surface area (Å²) < 4.78 is 2.33. The van der Waals surface area contributed by atoms with Crippen molar-refractivity contribution in [3.8, 4) is 0 Å². The Morgan fingerprint density at radius 2 is 1.85 bits per heavy atom. The minimum absolute atomic E-state index is 0.285. The highest BCUT2D eigenvalue weighted by atomic mass is 16.1. The highest BCUT2D eigenvalue weighted by Gasteiger charge is 2.29. The molecule has 140 valence electrons. The third-order valence-corrected chi connectivity index (χ3v) is 5.12. The number of Topliss-reactive ketones (excluding diaryl/α,β-unsaturated/α-hetero) is 1. The molecule has 1 aliphatic rings. The fraction of sp³-hybridized carbons (Fsp3) is 0.591. The van der Waals surface area contributed by atoms with E-state index in [1.54, 1.807) is 0 Å². The van der Waals surface area contributed by atoms with E-state index in [0.29, 0.717) is 31.2 Å². The van der Waals surface area contributed by atoms with Crippen LogP contribution >= 0.6 is 0 Å². The van der Waals surface area contributed by atoms with Crippen molar-refractivity contribution in [2.24, 2.45) is 5.92 Å². The predicted molar refractivity (Wildman–Crippen MR) is 104 cm³/mol. The van der Waals surface area contributed by atoms with Crippen LogP contribution in [0.4, 0.5) is 0 Å². The maximum absolute atomic E-state index is 12.4. The van der Waals surface area contributed by atoms with Crippen molar-refractivity contribution in [3.05, 3.63) is 47.0 Å². The average molecular weight is 354 g/mol. The van der Waals surface area contributed by atoms with E-state index in [4.69, 9.17) is 0 Å². The number of aromatic nitrogens is 3. The van der Waals surface area contributed by atoms with Gasteiger partial charge in [-0.15, -0.1) is 10.2 Å². The lowest BCUT2D eigenvalue weighted by molar-refractivity contribution is -0.118. The molecule has 1 fully saturated rings. The zero-order valence-electron chi connectivity index (χ0n) is 16.4. The topological polar surface area (TPSA) is 47.8 Å². The summed E-state index contributed by atoms with van der Waals surface area (Å²) in [5.41, 5.74) is 2.41. The summed E-state index contributed by atoms with van der Waals surface area (Å²) in [6.07, 6.45) is 7.34. The van der Waals surface area contributed by atoms with E-state index in [9.17, 15) is 4.79 Å². The molecule has 3 rings (SSSR count). The Hall–Kier alpha value is -1.97. The summed E-state index contributed by atoms with van der Waals surface area (Å²) in [5.74, 6) is 3.07. The van der Waals surface area contributed by atoms with Crippen molar-refractivity contribution in [1.82, 2.24) is 14.8 Å². The second-order valence-electron chi connectivity index (χ2n) is 7.96. The van der Waals surface area contributed by atoms with Crippen LogP contribution in [0.5, 0.6) is 0 Å². The smallest absolute Gasteiger partial charge is 0.137 e. The quantitative estimate of drug-likeness (QED) is 0.631. The Morgan fingerprint density at radius 3 is 2.50 bits per heavy atom. The fourth-order valence-electron chi connectivity index (χ4n) is 3.40. The molecule has 0 saturated heterocycles. The number of carbonyl (C=O) groups is 1. The molecule has 4 heteroatoms. The molecule has 1 heterocycles. The summed E-state index contributed by atoms with van der Waals surface area (Å²) in [4.78, 5) is 12.4. The van der Waals surface area contributed by atoms with Gasteiger partial charge in [-0.25, -0.2) is 0 Å². The number of hydrogen-bond acceptors (Lipinski definition) is 3. The zero-order valence-corrected chi connectivity index (χ0v) is 16.4. The van der Waals surface area contributed by atoms with Crippen LogP contribution in [-0.4, -0.2) is 20.5 Å². The van der Waals surface area contributed by atoms with Crippen molar-refractivity contribution in [3.63, 3.8) is 0 Å². The summed E-state index contributed by atoms with van der Waals surface area (Å²) in [5, 5.41) is 8.86. The normalized spacial score (nSPS) is 14.2. The van der Waals surface area contributed by atoms with E-state index in [-0.39, 0.29) is 5.78 Å². The van der Waals surface area contributed by atoms with Gasteiger partial charge in [0.2, 0.25) is 0 Å². The Kier molecular flexibility index (Phi) is 6.23. The molecule has 0 radical (unpaired) electrons. The van der Waals surface area contributed by atoms with Gasteiger partial charge in [0.15, 0.2) is 0 Å². The molecule has 26 heavy (non-hydrogen) atoms. The lowest BCUT2D eigenvalue weighted by Gasteiger charge is -2.10. The highest BCUT2D eigenvalue weighted by molar-refractivity contribution is 5.81. The van der Waals surface area contributed by atoms with Gasteiger partial charge in [-0.2, -0.15) is 0 Å². The van der Waals surface area contributed by atoms with Crippen molar-refractivity contribution in [2.45, 2.75) is 78.2 Å². The first-order valence-corrected chi connectivity index (χ1v) is 10.1. The van der Waals surface area contributed by atoms with E-state index < -0.39 is 0 Å². The maximum Gasteiger partial charge on any atom is 0.137 e. The van der Waals surface area contributed by atoms with Crippen LogP contribution in [0.2, 0.25) is 0 Å². The molecule has 0 bridgehead atoms. The van der Waals surface area contributed by atoms with E-state index in [0.717, 1.165) is 36.5 Å². The minimum atomic E-state index is 0.285. The van der Waals surface area contributed by atoms with Crippen molar-refractivity contribution >= 4 is 5.78 Å². The lowest BCUT2D eigenvalue weighted by Crippen LogP contribution is -2.10. The van der Waals surface area contributed by atoms with Crippen LogP contribution in [-0.2, 0) is 30.5 Å². The van der Waals surface area contributed by atoms with Crippen molar-refractivity contribution in [1.29, 1.82) is 0 Å². The van der Waals surface area contributed by atoms with Gasteiger partial charge in [-0.3, -0.25) is 4.79 Å². The Morgan fingerprint density at radius 1 is 1.15 bits per heavy atom. The molecule has 0 unspecified atom stereocenters. The molecule has 0 spiro atoms. The van der Waals surface area contributed by atoms with Crippen LogP contribution in [0.1, 0.15) is 75.3 Å². The SMILES string of the molecule is CCc1cccc(CC(=O)CCc2nnc(CCC(C)C)n2C2CC2)c1. The molecule has 1 aromatic carbocycles. The third-order valence-electron chi connectivity index (χ3n) is 5.12. The Bertz CT molecular complexity index is 744. The maximum atomic E-state index is 12.4. The zero-order chi connectivity index (χ0) is 18.5. The summed E-state index contributed by atoms with van der Waals surface area (Å²) in [7, 11) is 0. The minimum Gasteiger partial charge on any atom is -0.312 e. The largest absolute Gasteiger partial charge is 0.312 e. The third kappa shape index (κ3) is 5.03. The highest BCUT2D eigenvalue weighted by Crippen LogP contribution is 2.37. The average Bonchev–Trinajstić information content (AvgIpc) is 3.38. The predicted octanol–water partition coefficient (Wildman–Crippen LogP) is 4.51. The van der Waals surface area contributed by atoms with E-state index >= 15 is 0 Å². The molecule has 1 aliphatic carbocycles. The van der Waals surface area contributed by atoms with Gasteiger partial charge in [0.25, 0.3) is 0 Å².